The van der Waals surface area contributed by atoms with Crippen molar-refractivity contribution in [1.82, 2.24) is 15.2 Å². The molecule has 0 aliphatic rings. The minimum absolute atomic E-state index is 0.104. The van der Waals surface area contributed by atoms with E-state index in [2.05, 4.69) is 10.3 Å². The van der Waals surface area contributed by atoms with Crippen LogP contribution in [0, 0.1) is 5.95 Å². The second-order valence-corrected chi connectivity index (χ2v) is 3.85. The van der Waals surface area contributed by atoms with Crippen LogP contribution < -0.4 is 5.32 Å². The van der Waals surface area contributed by atoms with Crippen molar-refractivity contribution in [2.24, 2.45) is 0 Å². The van der Waals surface area contributed by atoms with Gasteiger partial charge in [-0.25, -0.2) is 4.98 Å². The van der Waals surface area contributed by atoms with Gasteiger partial charge in [-0.3, -0.25) is 9.59 Å². The number of rotatable bonds is 5. The second-order valence-electron chi connectivity index (χ2n) is 3.85. The van der Waals surface area contributed by atoms with Crippen LogP contribution in [-0.2, 0) is 4.79 Å². The molecule has 0 radical (unpaired) electrons. The zero-order valence-electron chi connectivity index (χ0n) is 10.4. The molecule has 0 aliphatic heterocycles. The summed E-state index contributed by atoms with van der Waals surface area (Å²) in [6.07, 6.45) is 2.08. The largest absolute Gasteiger partial charge is 0.355 e. The Balaban J connectivity index is 2.62. The summed E-state index contributed by atoms with van der Waals surface area (Å²) in [6, 6.07) is 2.81. The quantitative estimate of drug-likeness (QED) is 0.790. The van der Waals surface area contributed by atoms with E-state index < -0.39 is 11.9 Å². The summed E-state index contributed by atoms with van der Waals surface area (Å²) in [4.78, 5) is 27.8. The van der Waals surface area contributed by atoms with Gasteiger partial charge >= 0.3 is 0 Å². The highest BCUT2D eigenvalue weighted by atomic mass is 19.1. The molecule has 2 amide bonds. The van der Waals surface area contributed by atoms with Gasteiger partial charge in [-0.2, -0.15) is 4.39 Å². The molecule has 1 aromatic rings. The number of hydrogen-bond donors (Lipinski definition) is 1. The maximum absolute atomic E-state index is 13.3. The maximum Gasteiger partial charge on any atom is 0.258 e. The zero-order chi connectivity index (χ0) is 13.5. The van der Waals surface area contributed by atoms with E-state index in [1.54, 1.807) is 0 Å². The first kappa shape index (κ1) is 14.1. The van der Waals surface area contributed by atoms with Gasteiger partial charge in [-0.15, -0.1) is 0 Å². The lowest BCUT2D eigenvalue weighted by Crippen LogP contribution is -2.38. The van der Waals surface area contributed by atoms with Crippen LogP contribution in [0.25, 0.3) is 0 Å². The summed E-state index contributed by atoms with van der Waals surface area (Å²) < 4.78 is 13.3. The van der Waals surface area contributed by atoms with Crippen LogP contribution in [0.2, 0.25) is 0 Å². The third-order valence-electron chi connectivity index (χ3n) is 2.29. The number of likely N-dealkylation sites (N-methyl/N-ethyl adjacent to an activating group) is 1. The molecule has 0 aromatic carbocycles. The number of nitrogens with one attached hydrogen (secondary N) is 1. The standard InChI is InChI=1S/C12H16FN3O2/c1-3-6-14-10(17)8-16(2)12(18)9-5-4-7-15-11(9)13/h4-5,7H,3,6,8H2,1-2H3,(H,14,17). The van der Waals surface area contributed by atoms with Crippen LogP contribution in [0.4, 0.5) is 4.39 Å². The third kappa shape index (κ3) is 3.80. The van der Waals surface area contributed by atoms with Crippen LogP contribution >= 0.6 is 0 Å². The van der Waals surface area contributed by atoms with Crippen molar-refractivity contribution in [3.8, 4) is 0 Å². The average molecular weight is 253 g/mol. The summed E-state index contributed by atoms with van der Waals surface area (Å²) in [5.41, 5.74) is -0.136. The second kappa shape index (κ2) is 6.68. The molecule has 5 nitrogen and oxygen atoms in total. The molecule has 0 saturated heterocycles. The Kier molecular flexibility index (Phi) is 5.23. The Labute approximate surface area is 105 Å². The number of pyridine rings is 1. The molecule has 0 fully saturated rings. The molecule has 0 spiro atoms. The Morgan fingerprint density at radius 3 is 2.83 bits per heavy atom. The van der Waals surface area contributed by atoms with Crippen LogP contribution in [-0.4, -0.2) is 41.8 Å². The van der Waals surface area contributed by atoms with E-state index in [-0.39, 0.29) is 18.0 Å². The minimum atomic E-state index is -0.830. The third-order valence-corrected chi connectivity index (χ3v) is 2.29. The Bertz CT molecular complexity index is 437. The number of hydrogen-bond acceptors (Lipinski definition) is 3. The molecule has 0 saturated carbocycles. The highest BCUT2D eigenvalue weighted by Crippen LogP contribution is 2.06. The lowest BCUT2D eigenvalue weighted by atomic mass is 10.2. The summed E-state index contributed by atoms with van der Waals surface area (Å²) in [5.74, 6) is -1.66. The molecule has 0 aliphatic carbocycles. The van der Waals surface area contributed by atoms with E-state index in [0.717, 1.165) is 11.3 Å². The topological polar surface area (TPSA) is 62.3 Å². The molecule has 6 heteroatoms. The number of aromatic nitrogens is 1. The van der Waals surface area contributed by atoms with Gasteiger partial charge < -0.3 is 10.2 Å². The van der Waals surface area contributed by atoms with E-state index in [0.29, 0.717) is 6.54 Å². The first-order chi connectivity index (χ1) is 8.56. The van der Waals surface area contributed by atoms with Crippen molar-refractivity contribution in [2.75, 3.05) is 20.1 Å². The fraction of sp³-hybridized carbons (Fsp3) is 0.417. The molecule has 18 heavy (non-hydrogen) atoms. The van der Waals surface area contributed by atoms with E-state index >= 15 is 0 Å². The van der Waals surface area contributed by atoms with Gasteiger partial charge in [0.05, 0.1) is 12.1 Å². The average Bonchev–Trinajstić information content (AvgIpc) is 2.36. The van der Waals surface area contributed by atoms with Crippen LogP contribution in [0.15, 0.2) is 18.3 Å². The highest BCUT2D eigenvalue weighted by Gasteiger charge is 2.18. The fourth-order valence-electron chi connectivity index (χ4n) is 1.36. The summed E-state index contributed by atoms with van der Waals surface area (Å²) in [5, 5.41) is 2.64. The van der Waals surface area contributed by atoms with Gasteiger partial charge in [0.25, 0.3) is 5.91 Å². The van der Waals surface area contributed by atoms with Crippen LogP contribution in [0.5, 0.6) is 0 Å². The SMILES string of the molecule is CCCNC(=O)CN(C)C(=O)c1cccnc1F. The Hall–Kier alpha value is -1.98. The van der Waals surface area contributed by atoms with Gasteiger partial charge in [-0.05, 0) is 18.6 Å². The van der Waals surface area contributed by atoms with Gasteiger partial charge in [0.2, 0.25) is 11.9 Å². The molecular formula is C12H16FN3O2. The smallest absolute Gasteiger partial charge is 0.258 e. The van der Waals surface area contributed by atoms with E-state index in [9.17, 15) is 14.0 Å². The number of nitrogens with zero attached hydrogens (tertiary/aromatic N) is 2. The lowest BCUT2D eigenvalue weighted by Gasteiger charge is -2.16. The fourth-order valence-corrected chi connectivity index (χ4v) is 1.36. The molecule has 98 valence electrons. The molecule has 1 heterocycles. The maximum atomic E-state index is 13.3. The van der Waals surface area contributed by atoms with Gasteiger partial charge in [0, 0.05) is 19.8 Å². The number of carbonyl (C=O) groups excluding carboxylic acids is 2. The molecule has 0 unspecified atom stereocenters. The first-order valence-corrected chi connectivity index (χ1v) is 5.69. The first-order valence-electron chi connectivity index (χ1n) is 5.69. The summed E-state index contributed by atoms with van der Waals surface area (Å²) in [6.45, 7) is 2.38. The predicted octanol–water partition coefficient (Wildman–Crippen LogP) is 0.819. The normalized spacial score (nSPS) is 9.94. The molecule has 1 aromatic heterocycles. The highest BCUT2D eigenvalue weighted by molar-refractivity contribution is 5.96. The van der Waals surface area contributed by atoms with E-state index in [1.165, 1.54) is 25.4 Å². The molecule has 0 bridgehead atoms. The van der Waals surface area contributed by atoms with Gasteiger partial charge in [0.15, 0.2) is 0 Å². The van der Waals surface area contributed by atoms with Crippen molar-refractivity contribution < 1.29 is 14.0 Å². The van der Waals surface area contributed by atoms with E-state index in [1.807, 2.05) is 6.92 Å². The Morgan fingerprint density at radius 2 is 2.22 bits per heavy atom. The summed E-state index contributed by atoms with van der Waals surface area (Å²) >= 11 is 0. The molecule has 1 N–H and O–H groups in total. The number of halogens is 1. The lowest BCUT2D eigenvalue weighted by molar-refractivity contribution is -0.121. The van der Waals surface area contributed by atoms with Crippen molar-refractivity contribution in [3.05, 3.63) is 29.8 Å². The van der Waals surface area contributed by atoms with Gasteiger partial charge in [-0.1, -0.05) is 6.92 Å². The molecular weight excluding hydrogens is 237 g/mol. The van der Waals surface area contributed by atoms with Crippen LogP contribution in [0.3, 0.4) is 0 Å². The predicted molar refractivity (Wildman–Crippen MR) is 64.5 cm³/mol. The number of amides is 2. The zero-order valence-corrected chi connectivity index (χ0v) is 10.4. The van der Waals surface area contributed by atoms with E-state index in [4.69, 9.17) is 0 Å². The van der Waals surface area contributed by atoms with Crippen molar-refractivity contribution in [2.45, 2.75) is 13.3 Å². The minimum Gasteiger partial charge on any atom is -0.355 e. The van der Waals surface area contributed by atoms with Crippen molar-refractivity contribution >= 4 is 11.8 Å². The van der Waals surface area contributed by atoms with Crippen LogP contribution in [0.1, 0.15) is 23.7 Å². The molecule has 0 atom stereocenters. The monoisotopic (exact) mass is 253 g/mol. The summed E-state index contributed by atoms with van der Waals surface area (Å²) in [7, 11) is 1.44. The Morgan fingerprint density at radius 1 is 1.50 bits per heavy atom. The van der Waals surface area contributed by atoms with Crippen molar-refractivity contribution in [1.29, 1.82) is 0 Å². The van der Waals surface area contributed by atoms with Crippen molar-refractivity contribution in [3.63, 3.8) is 0 Å². The number of carbonyl (C=O) groups is 2. The van der Waals surface area contributed by atoms with Gasteiger partial charge in [0.1, 0.15) is 0 Å². The molecule has 1 rings (SSSR count).